The van der Waals surface area contributed by atoms with Gasteiger partial charge in [0.05, 0.1) is 24.0 Å². The second kappa shape index (κ2) is 8.13. The Labute approximate surface area is 182 Å². The molecule has 0 unspecified atom stereocenters. The molecular formula is C21H22F2N8O. The van der Waals surface area contributed by atoms with E-state index in [9.17, 15) is 13.6 Å². The predicted molar refractivity (Wildman–Crippen MR) is 115 cm³/mol. The molecule has 5 heterocycles. The molecule has 0 saturated carbocycles. The van der Waals surface area contributed by atoms with Gasteiger partial charge in [-0.25, -0.2) is 28.2 Å². The first-order valence-electron chi connectivity index (χ1n) is 10.4. The van der Waals surface area contributed by atoms with Crippen molar-refractivity contribution in [3.8, 4) is 11.3 Å². The van der Waals surface area contributed by atoms with Crippen LogP contribution in [0.4, 0.5) is 14.7 Å². The summed E-state index contributed by atoms with van der Waals surface area (Å²) in [7, 11) is 0. The summed E-state index contributed by atoms with van der Waals surface area (Å²) < 4.78 is 29.2. The van der Waals surface area contributed by atoms with E-state index in [4.69, 9.17) is 0 Å². The van der Waals surface area contributed by atoms with E-state index in [1.807, 2.05) is 18.3 Å². The first kappa shape index (κ1) is 20.3. The molecule has 0 atom stereocenters. The monoisotopic (exact) mass is 440 g/mol. The Hall–Kier alpha value is -3.63. The summed E-state index contributed by atoms with van der Waals surface area (Å²) in [6.45, 7) is 2.68. The Morgan fingerprint density at radius 3 is 2.78 bits per heavy atom. The molecular weight excluding hydrogens is 418 g/mol. The number of hydrogen-bond acceptors (Lipinski definition) is 6. The fourth-order valence-electron chi connectivity index (χ4n) is 4.14. The highest BCUT2D eigenvalue weighted by Gasteiger charge is 2.19. The molecule has 1 N–H and O–H groups in total. The number of imidazole rings is 1. The summed E-state index contributed by atoms with van der Waals surface area (Å²) in [5.74, 6) is 1.02. The average Bonchev–Trinajstić information content (AvgIpc) is 3.34. The molecule has 32 heavy (non-hydrogen) atoms. The molecule has 0 aromatic carbocycles. The number of carbonyl (C=O) groups excluding carboxylic acids is 1. The highest BCUT2D eigenvalue weighted by atomic mass is 19.3. The molecule has 1 fully saturated rings. The smallest absolute Gasteiger partial charge is 0.256 e. The summed E-state index contributed by atoms with van der Waals surface area (Å²) >= 11 is 0. The second-order valence-corrected chi connectivity index (χ2v) is 7.90. The lowest BCUT2D eigenvalue weighted by Gasteiger charge is -2.29. The number of nitrogens with one attached hydrogen (secondary N) is 1. The van der Waals surface area contributed by atoms with Crippen LogP contribution < -0.4 is 5.32 Å². The Bertz CT molecular complexity index is 1280. The number of amides is 1. The van der Waals surface area contributed by atoms with Crippen LogP contribution in [0.15, 0.2) is 30.6 Å². The van der Waals surface area contributed by atoms with Crippen molar-refractivity contribution >= 4 is 29.0 Å². The largest absolute Gasteiger partial charge is 0.350 e. The molecule has 4 aromatic heterocycles. The maximum atomic E-state index is 13.0. The van der Waals surface area contributed by atoms with E-state index in [0.29, 0.717) is 41.7 Å². The number of fused-ring (bicyclic) bond motifs is 2. The minimum Gasteiger partial charge on any atom is -0.350 e. The Kier molecular flexibility index (Phi) is 5.16. The van der Waals surface area contributed by atoms with Crippen molar-refractivity contribution in [2.45, 2.75) is 38.8 Å². The Morgan fingerprint density at radius 1 is 1.22 bits per heavy atom. The van der Waals surface area contributed by atoms with Crippen LogP contribution in [0.3, 0.4) is 0 Å². The zero-order valence-electron chi connectivity index (χ0n) is 17.4. The van der Waals surface area contributed by atoms with Crippen LogP contribution in [0, 0.1) is 6.92 Å². The third-order valence-electron chi connectivity index (χ3n) is 5.81. The highest BCUT2D eigenvalue weighted by Crippen LogP contribution is 2.26. The molecule has 5 rings (SSSR count). The number of alkyl halides is 2. The van der Waals surface area contributed by atoms with Gasteiger partial charge in [0.1, 0.15) is 11.3 Å². The number of halogens is 2. The van der Waals surface area contributed by atoms with Gasteiger partial charge in [-0.3, -0.25) is 4.79 Å². The third kappa shape index (κ3) is 3.74. The van der Waals surface area contributed by atoms with E-state index in [1.165, 1.54) is 4.57 Å². The van der Waals surface area contributed by atoms with Crippen molar-refractivity contribution in [3.63, 3.8) is 0 Å². The second-order valence-electron chi connectivity index (χ2n) is 7.90. The van der Waals surface area contributed by atoms with Gasteiger partial charge in [0.25, 0.3) is 6.43 Å². The van der Waals surface area contributed by atoms with Crippen molar-refractivity contribution in [2.24, 2.45) is 0 Å². The van der Waals surface area contributed by atoms with Gasteiger partial charge in [-0.2, -0.15) is 0 Å². The minimum absolute atomic E-state index is 0.209. The third-order valence-corrected chi connectivity index (χ3v) is 5.81. The number of piperidine rings is 1. The van der Waals surface area contributed by atoms with Gasteiger partial charge < -0.3 is 14.8 Å². The van der Waals surface area contributed by atoms with Gasteiger partial charge in [0, 0.05) is 30.9 Å². The summed E-state index contributed by atoms with van der Waals surface area (Å²) in [5, 5.41) is 7.88. The van der Waals surface area contributed by atoms with Crippen molar-refractivity contribution in [1.82, 2.24) is 34.0 Å². The van der Waals surface area contributed by atoms with E-state index in [-0.39, 0.29) is 6.04 Å². The van der Waals surface area contributed by atoms with Gasteiger partial charge in [-0.1, -0.05) is 0 Å². The molecule has 0 spiro atoms. The fourth-order valence-corrected chi connectivity index (χ4v) is 4.14. The number of nitrogens with zero attached hydrogens (tertiary/aromatic N) is 7. The van der Waals surface area contributed by atoms with Crippen LogP contribution >= 0.6 is 0 Å². The molecule has 0 bridgehead atoms. The zero-order valence-corrected chi connectivity index (χ0v) is 17.4. The van der Waals surface area contributed by atoms with Gasteiger partial charge >= 0.3 is 0 Å². The molecule has 0 radical (unpaired) electrons. The normalized spacial score (nSPS) is 15.2. The van der Waals surface area contributed by atoms with Gasteiger partial charge in [0.15, 0.2) is 5.65 Å². The number of likely N-dealkylation sites (tertiary alicyclic amines) is 1. The van der Waals surface area contributed by atoms with E-state index < -0.39 is 13.0 Å². The summed E-state index contributed by atoms with van der Waals surface area (Å²) in [6.07, 6.45) is 3.61. The molecule has 0 aliphatic carbocycles. The topological polar surface area (TPSA) is 93.2 Å². The summed E-state index contributed by atoms with van der Waals surface area (Å²) in [6, 6.07) is 5.70. The van der Waals surface area contributed by atoms with Gasteiger partial charge in [-0.05, 0) is 38.0 Å². The summed E-state index contributed by atoms with van der Waals surface area (Å²) in [5.41, 5.74) is 3.22. The number of anilines is 1. The molecule has 11 heteroatoms. The summed E-state index contributed by atoms with van der Waals surface area (Å²) in [4.78, 5) is 26.0. The van der Waals surface area contributed by atoms with Crippen molar-refractivity contribution in [3.05, 3.63) is 36.4 Å². The maximum absolute atomic E-state index is 13.0. The predicted octanol–water partition coefficient (Wildman–Crippen LogP) is 2.75. The van der Waals surface area contributed by atoms with E-state index in [2.05, 4.69) is 25.4 Å². The molecule has 166 valence electrons. The lowest BCUT2D eigenvalue weighted by Crippen LogP contribution is -2.38. The highest BCUT2D eigenvalue weighted by molar-refractivity contribution is 5.82. The molecule has 1 saturated heterocycles. The number of rotatable bonds is 6. The lowest BCUT2D eigenvalue weighted by atomic mass is 10.1. The number of carbonyl (C=O) groups is 1. The average molecular weight is 440 g/mol. The van der Waals surface area contributed by atoms with Crippen molar-refractivity contribution < 1.29 is 13.6 Å². The number of aryl methyl sites for hydroxylation is 1. The number of aromatic nitrogens is 6. The Morgan fingerprint density at radius 2 is 2.03 bits per heavy atom. The lowest BCUT2D eigenvalue weighted by molar-refractivity contribution is -0.118. The van der Waals surface area contributed by atoms with Gasteiger partial charge in [0.2, 0.25) is 12.4 Å². The van der Waals surface area contributed by atoms with Crippen LogP contribution in [0.1, 0.15) is 18.7 Å². The van der Waals surface area contributed by atoms with Crippen LogP contribution in [0.25, 0.3) is 27.9 Å². The number of hydrogen-bond donors (Lipinski definition) is 1. The van der Waals surface area contributed by atoms with Crippen molar-refractivity contribution in [2.75, 3.05) is 18.4 Å². The van der Waals surface area contributed by atoms with Crippen LogP contribution in [0.5, 0.6) is 0 Å². The molecule has 4 aromatic rings. The molecule has 9 nitrogen and oxygen atoms in total. The van der Waals surface area contributed by atoms with Crippen LogP contribution in [-0.4, -0.2) is 66.0 Å². The molecule has 1 aliphatic rings. The van der Waals surface area contributed by atoms with E-state index in [0.717, 1.165) is 30.3 Å². The molecule has 1 aliphatic heterocycles. The first-order chi connectivity index (χ1) is 15.5. The first-order valence-corrected chi connectivity index (χ1v) is 10.4. The van der Waals surface area contributed by atoms with Crippen molar-refractivity contribution in [1.29, 1.82) is 0 Å². The molecule has 1 amide bonds. The fraction of sp³-hybridized carbons (Fsp3) is 0.381. The van der Waals surface area contributed by atoms with Gasteiger partial charge in [-0.15, -0.1) is 5.10 Å². The minimum atomic E-state index is -2.49. The van der Waals surface area contributed by atoms with Crippen LogP contribution in [0.2, 0.25) is 0 Å². The maximum Gasteiger partial charge on any atom is 0.256 e. The van der Waals surface area contributed by atoms with E-state index >= 15 is 0 Å². The zero-order chi connectivity index (χ0) is 22.2. The standard InChI is InChI=1S/C21H22F2N8O/c1-13-25-17-3-2-16(27-20(17)30(13)11-19(22)23)15-6-9-31-18(15)10-24-21(28-31)26-14-4-7-29(12-32)8-5-14/h2-3,6,9-10,12,14,19H,4-5,7-8,11H2,1H3,(H,26,28). The quantitative estimate of drug-likeness (QED) is 0.464. The Balaban J connectivity index is 1.42. The van der Waals surface area contributed by atoms with Crippen LogP contribution in [-0.2, 0) is 11.3 Å². The van der Waals surface area contributed by atoms with E-state index in [1.54, 1.807) is 28.6 Å². The SMILES string of the molecule is Cc1nc2ccc(-c3ccn4nc(NC5CCN(C=O)CC5)ncc34)nc2n1CC(F)F. The number of pyridine rings is 1.